The summed E-state index contributed by atoms with van der Waals surface area (Å²) in [7, 11) is 0. The fraction of sp³-hybridized carbons (Fsp3) is 0.300. The zero-order valence-corrected chi connectivity index (χ0v) is 13.9. The van der Waals surface area contributed by atoms with Gasteiger partial charge >= 0.3 is 12.1 Å². The summed E-state index contributed by atoms with van der Waals surface area (Å²) in [6, 6.07) is 19.2. The van der Waals surface area contributed by atoms with E-state index in [2.05, 4.69) is 0 Å². The molecule has 1 amide bonds. The first kappa shape index (κ1) is 17.0. The number of hydrogen-bond acceptors (Lipinski definition) is 3. The normalized spacial score (nSPS) is 19.6. The van der Waals surface area contributed by atoms with E-state index in [1.54, 1.807) is 0 Å². The Kier molecular flexibility index (Phi) is 5.33. The monoisotopic (exact) mass is 339 g/mol. The molecule has 2 atom stereocenters. The van der Waals surface area contributed by atoms with Crippen LogP contribution in [-0.4, -0.2) is 35.2 Å². The lowest BCUT2D eigenvalue weighted by molar-refractivity contribution is -0.142. The first-order chi connectivity index (χ1) is 12.1. The lowest BCUT2D eigenvalue weighted by atomic mass is 9.90. The molecule has 0 aliphatic carbocycles. The SMILES string of the molecule is O=C(O)[C@H]1CN(C(=O)OCc2ccccc2)C[C@@H]1Cc1ccccc1. The summed E-state index contributed by atoms with van der Waals surface area (Å²) < 4.78 is 5.33. The van der Waals surface area contributed by atoms with Crippen LogP contribution in [0.5, 0.6) is 0 Å². The Balaban J connectivity index is 1.61. The topological polar surface area (TPSA) is 66.8 Å². The van der Waals surface area contributed by atoms with Crippen molar-refractivity contribution >= 4 is 12.1 Å². The Hall–Kier alpha value is -2.82. The molecule has 5 nitrogen and oxygen atoms in total. The summed E-state index contributed by atoms with van der Waals surface area (Å²) in [5, 5.41) is 9.49. The highest BCUT2D eigenvalue weighted by Crippen LogP contribution is 2.28. The van der Waals surface area contributed by atoms with Gasteiger partial charge in [0.1, 0.15) is 6.61 Å². The predicted molar refractivity (Wildman–Crippen MR) is 93.0 cm³/mol. The van der Waals surface area contributed by atoms with E-state index in [4.69, 9.17) is 4.74 Å². The molecule has 0 saturated carbocycles. The summed E-state index contributed by atoms with van der Waals surface area (Å²) in [4.78, 5) is 25.4. The van der Waals surface area contributed by atoms with E-state index in [0.29, 0.717) is 13.0 Å². The van der Waals surface area contributed by atoms with E-state index < -0.39 is 18.0 Å². The van der Waals surface area contributed by atoms with Crippen molar-refractivity contribution in [3.05, 3.63) is 71.8 Å². The van der Waals surface area contributed by atoms with Gasteiger partial charge < -0.3 is 14.7 Å². The number of likely N-dealkylation sites (tertiary alicyclic amines) is 1. The van der Waals surface area contributed by atoms with Gasteiger partial charge in [-0.3, -0.25) is 4.79 Å². The molecule has 2 aromatic carbocycles. The van der Waals surface area contributed by atoms with E-state index in [1.807, 2.05) is 60.7 Å². The van der Waals surface area contributed by atoms with Crippen molar-refractivity contribution in [3.63, 3.8) is 0 Å². The number of rotatable bonds is 5. The quantitative estimate of drug-likeness (QED) is 0.908. The molecule has 1 fully saturated rings. The predicted octanol–water partition coefficient (Wildman–Crippen LogP) is 3.20. The largest absolute Gasteiger partial charge is 0.481 e. The van der Waals surface area contributed by atoms with Crippen molar-refractivity contribution in [2.24, 2.45) is 11.8 Å². The highest BCUT2D eigenvalue weighted by Gasteiger charge is 2.40. The fourth-order valence-corrected chi connectivity index (χ4v) is 3.23. The van der Waals surface area contributed by atoms with E-state index in [1.165, 1.54) is 4.90 Å². The van der Waals surface area contributed by atoms with Crippen molar-refractivity contribution in [3.8, 4) is 0 Å². The molecule has 0 aromatic heterocycles. The van der Waals surface area contributed by atoms with E-state index in [9.17, 15) is 14.7 Å². The summed E-state index contributed by atoms with van der Waals surface area (Å²) in [6.07, 6.45) is 0.186. The first-order valence-electron chi connectivity index (χ1n) is 8.36. The Morgan fingerprint density at radius 3 is 2.16 bits per heavy atom. The number of nitrogens with zero attached hydrogens (tertiary/aromatic N) is 1. The second kappa shape index (κ2) is 7.83. The van der Waals surface area contributed by atoms with Crippen LogP contribution >= 0.6 is 0 Å². The number of benzene rings is 2. The van der Waals surface area contributed by atoms with Crippen LogP contribution in [0.1, 0.15) is 11.1 Å². The van der Waals surface area contributed by atoms with Crippen LogP contribution in [0.3, 0.4) is 0 Å². The molecule has 0 radical (unpaired) electrons. The van der Waals surface area contributed by atoms with Gasteiger partial charge in [0.2, 0.25) is 0 Å². The second-order valence-corrected chi connectivity index (χ2v) is 6.34. The van der Waals surface area contributed by atoms with Gasteiger partial charge in [0, 0.05) is 13.1 Å². The number of hydrogen-bond donors (Lipinski definition) is 1. The molecule has 1 aliphatic rings. The van der Waals surface area contributed by atoms with E-state index in [-0.39, 0.29) is 19.1 Å². The zero-order valence-electron chi connectivity index (χ0n) is 13.9. The van der Waals surface area contributed by atoms with Crippen LogP contribution in [0.25, 0.3) is 0 Å². The minimum absolute atomic E-state index is 0.107. The van der Waals surface area contributed by atoms with Crippen molar-refractivity contribution < 1.29 is 19.4 Å². The van der Waals surface area contributed by atoms with Gasteiger partial charge in [0.15, 0.2) is 0 Å². The van der Waals surface area contributed by atoms with Crippen LogP contribution in [0.4, 0.5) is 4.79 Å². The molecule has 0 bridgehead atoms. The Bertz CT molecular complexity index is 717. The molecule has 130 valence electrons. The van der Waals surface area contributed by atoms with Gasteiger partial charge in [-0.15, -0.1) is 0 Å². The van der Waals surface area contributed by atoms with Crippen molar-refractivity contribution in [1.29, 1.82) is 0 Å². The average molecular weight is 339 g/mol. The molecule has 0 spiro atoms. The van der Waals surface area contributed by atoms with Gasteiger partial charge in [-0.2, -0.15) is 0 Å². The fourth-order valence-electron chi connectivity index (χ4n) is 3.23. The van der Waals surface area contributed by atoms with Crippen LogP contribution in [0.2, 0.25) is 0 Å². The van der Waals surface area contributed by atoms with Gasteiger partial charge in [-0.1, -0.05) is 60.7 Å². The van der Waals surface area contributed by atoms with Crippen LogP contribution in [0.15, 0.2) is 60.7 Å². The molecule has 25 heavy (non-hydrogen) atoms. The number of ether oxygens (including phenoxy) is 1. The molecule has 1 saturated heterocycles. The third-order valence-corrected chi connectivity index (χ3v) is 4.56. The minimum atomic E-state index is -0.862. The van der Waals surface area contributed by atoms with Gasteiger partial charge in [0.05, 0.1) is 5.92 Å². The third-order valence-electron chi connectivity index (χ3n) is 4.56. The van der Waals surface area contributed by atoms with E-state index in [0.717, 1.165) is 11.1 Å². The number of carbonyl (C=O) groups is 2. The summed E-state index contributed by atoms with van der Waals surface area (Å²) in [5.41, 5.74) is 1.99. The Labute approximate surface area is 146 Å². The molecule has 3 rings (SSSR count). The molecule has 1 aliphatic heterocycles. The molecular weight excluding hydrogens is 318 g/mol. The van der Waals surface area contributed by atoms with Crippen molar-refractivity contribution in [1.82, 2.24) is 4.90 Å². The Morgan fingerprint density at radius 1 is 0.960 bits per heavy atom. The molecule has 2 aromatic rings. The van der Waals surface area contributed by atoms with Crippen molar-refractivity contribution in [2.75, 3.05) is 13.1 Å². The minimum Gasteiger partial charge on any atom is -0.481 e. The number of carbonyl (C=O) groups excluding carboxylic acids is 1. The van der Waals surface area contributed by atoms with E-state index >= 15 is 0 Å². The lowest BCUT2D eigenvalue weighted by Crippen LogP contribution is -2.30. The summed E-state index contributed by atoms with van der Waals surface area (Å²) in [5.74, 6) is -1.53. The molecule has 5 heteroatoms. The number of carboxylic acids is 1. The first-order valence-corrected chi connectivity index (χ1v) is 8.36. The average Bonchev–Trinajstić information content (AvgIpc) is 3.05. The maximum Gasteiger partial charge on any atom is 0.410 e. The molecule has 1 heterocycles. The molecule has 1 N–H and O–H groups in total. The van der Waals surface area contributed by atoms with Crippen molar-refractivity contribution in [2.45, 2.75) is 13.0 Å². The third kappa shape index (κ3) is 4.38. The van der Waals surface area contributed by atoms with Gasteiger partial charge in [-0.25, -0.2) is 4.79 Å². The highest BCUT2D eigenvalue weighted by atomic mass is 16.6. The van der Waals surface area contributed by atoms with Crippen LogP contribution in [0, 0.1) is 11.8 Å². The van der Waals surface area contributed by atoms with Crippen LogP contribution < -0.4 is 0 Å². The summed E-state index contributed by atoms with van der Waals surface area (Å²) in [6.45, 7) is 0.789. The van der Waals surface area contributed by atoms with Gasteiger partial charge in [-0.05, 0) is 23.5 Å². The maximum atomic E-state index is 12.3. The standard InChI is InChI=1S/C20H21NO4/c22-19(23)18-13-21(12-17(18)11-15-7-3-1-4-8-15)20(24)25-14-16-9-5-2-6-10-16/h1-10,17-18H,11-14H2,(H,22,23)/t17-,18-/m0/s1. The van der Waals surface area contributed by atoms with Crippen LogP contribution in [-0.2, 0) is 22.6 Å². The summed E-state index contributed by atoms with van der Waals surface area (Å²) >= 11 is 0. The number of amides is 1. The number of aliphatic carboxylic acids is 1. The van der Waals surface area contributed by atoms with Gasteiger partial charge in [0.25, 0.3) is 0 Å². The highest BCUT2D eigenvalue weighted by molar-refractivity contribution is 5.74. The maximum absolute atomic E-state index is 12.3. The smallest absolute Gasteiger partial charge is 0.410 e. The molecule has 0 unspecified atom stereocenters. The lowest BCUT2D eigenvalue weighted by Gasteiger charge is -2.16. The molecular formula is C20H21NO4. The Morgan fingerprint density at radius 2 is 1.56 bits per heavy atom. The zero-order chi connectivity index (χ0) is 17.6. The second-order valence-electron chi connectivity index (χ2n) is 6.34. The number of carboxylic acid groups (broad SMARTS) is 1.